The number of aliphatic hydroxyl groups excluding tert-OH is 1. The van der Waals surface area contributed by atoms with Crippen molar-refractivity contribution in [1.82, 2.24) is 10.5 Å². The first kappa shape index (κ1) is 15.8. The number of halogens is 1. The maximum absolute atomic E-state index is 14.8. The van der Waals surface area contributed by atoms with Crippen molar-refractivity contribution < 1.29 is 23.9 Å². The first-order valence-electron chi connectivity index (χ1n) is 7.04. The standard InChI is InChI=1S/C16H14FN3O4/c17-13-9(6-19-16(22)23)2-1-3-10(13)11-4-8(7-21)5-12-14(11)24-20-15(12)18/h1-5,19,21H,6-7H2,(H2,18,20)(H,22,23). The predicted molar refractivity (Wildman–Crippen MR) is 84.6 cm³/mol. The van der Waals surface area contributed by atoms with Gasteiger partial charge in [0.05, 0.1) is 12.0 Å². The molecule has 0 saturated carbocycles. The molecule has 3 aromatic rings. The quantitative estimate of drug-likeness (QED) is 0.582. The van der Waals surface area contributed by atoms with Gasteiger partial charge in [0, 0.05) is 23.2 Å². The minimum atomic E-state index is -1.24. The van der Waals surface area contributed by atoms with Crippen LogP contribution < -0.4 is 11.1 Å². The number of carboxylic acid groups (broad SMARTS) is 1. The molecule has 0 fully saturated rings. The van der Waals surface area contributed by atoms with E-state index in [2.05, 4.69) is 10.5 Å². The lowest BCUT2D eigenvalue weighted by molar-refractivity contribution is 0.194. The highest BCUT2D eigenvalue weighted by Crippen LogP contribution is 2.35. The van der Waals surface area contributed by atoms with Gasteiger partial charge in [0.1, 0.15) is 5.82 Å². The fraction of sp³-hybridized carbons (Fsp3) is 0.125. The lowest BCUT2D eigenvalue weighted by Gasteiger charge is -2.10. The van der Waals surface area contributed by atoms with Gasteiger partial charge in [0.2, 0.25) is 0 Å². The Morgan fingerprint density at radius 2 is 2.12 bits per heavy atom. The third-order valence-corrected chi connectivity index (χ3v) is 3.64. The summed E-state index contributed by atoms with van der Waals surface area (Å²) in [6, 6.07) is 7.83. The zero-order valence-corrected chi connectivity index (χ0v) is 12.4. The number of hydrogen-bond donors (Lipinski definition) is 4. The number of nitrogens with one attached hydrogen (secondary N) is 1. The Labute approximate surface area is 135 Å². The number of aromatic nitrogens is 1. The van der Waals surface area contributed by atoms with E-state index in [1.807, 2.05) is 0 Å². The zero-order valence-electron chi connectivity index (χ0n) is 12.4. The average Bonchev–Trinajstić information content (AvgIpc) is 2.94. The van der Waals surface area contributed by atoms with Crippen LogP contribution in [0, 0.1) is 5.82 Å². The Morgan fingerprint density at radius 3 is 2.83 bits per heavy atom. The van der Waals surface area contributed by atoms with Crippen molar-refractivity contribution >= 4 is 22.9 Å². The number of carbonyl (C=O) groups is 1. The van der Waals surface area contributed by atoms with Crippen LogP contribution in [0.1, 0.15) is 11.1 Å². The number of nitrogens with zero attached hydrogens (tertiary/aromatic N) is 1. The van der Waals surface area contributed by atoms with E-state index in [4.69, 9.17) is 15.4 Å². The summed E-state index contributed by atoms with van der Waals surface area (Å²) in [5, 5.41) is 24.4. The molecular weight excluding hydrogens is 317 g/mol. The van der Waals surface area contributed by atoms with Crippen molar-refractivity contribution in [2.24, 2.45) is 0 Å². The van der Waals surface area contributed by atoms with Crippen molar-refractivity contribution in [3.8, 4) is 11.1 Å². The number of amides is 1. The van der Waals surface area contributed by atoms with Crippen LogP contribution in [0.15, 0.2) is 34.9 Å². The smallest absolute Gasteiger partial charge is 0.404 e. The third-order valence-electron chi connectivity index (χ3n) is 3.64. The van der Waals surface area contributed by atoms with Gasteiger partial charge in [0.25, 0.3) is 0 Å². The molecule has 5 N–H and O–H groups in total. The van der Waals surface area contributed by atoms with E-state index >= 15 is 0 Å². The molecule has 8 heteroatoms. The summed E-state index contributed by atoms with van der Waals surface area (Å²) in [5.41, 5.74) is 7.34. The fourth-order valence-electron chi connectivity index (χ4n) is 2.51. The number of nitrogen functional groups attached to an aromatic ring is 1. The van der Waals surface area contributed by atoms with Gasteiger partial charge in [0.15, 0.2) is 11.4 Å². The minimum absolute atomic E-state index is 0.144. The maximum atomic E-state index is 14.8. The summed E-state index contributed by atoms with van der Waals surface area (Å²) in [5.74, 6) is -0.441. The van der Waals surface area contributed by atoms with Gasteiger partial charge in [-0.15, -0.1) is 0 Å². The molecule has 7 nitrogen and oxygen atoms in total. The van der Waals surface area contributed by atoms with Gasteiger partial charge in [-0.3, -0.25) is 0 Å². The van der Waals surface area contributed by atoms with Crippen molar-refractivity contribution in [3.63, 3.8) is 0 Å². The molecule has 0 atom stereocenters. The lowest BCUT2D eigenvalue weighted by Crippen LogP contribution is -2.20. The largest absolute Gasteiger partial charge is 0.465 e. The Hall–Kier alpha value is -3.13. The molecule has 1 amide bonds. The van der Waals surface area contributed by atoms with Crippen LogP contribution in [0.25, 0.3) is 22.1 Å². The summed E-state index contributed by atoms with van der Waals surface area (Å²) < 4.78 is 20.0. The van der Waals surface area contributed by atoms with E-state index in [0.717, 1.165) is 0 Å². The van der Waals surface area contributed by atoms with E-state index in [9.17, 15) is 14.3 Å². The van der Waals surface area contributed by atoms with E-state index in [1.165, 1.54) is 12.1 Å². The Morgan fingerprint density at radius 1 is 1.33 bits per heavy atom. The van der Waals surface area contributed by atoms with Crippen molar-refractivity contribution in [3.05, 3.63) is 47.3 Å². The molecule has 1 heterocycles. The normalized spacial score (nSPS) is 10.9. The molecule has 124 valence electrons. The van der Waals surface area contributed by atoms with Crippen molar-refractivity contribution in [1.29, 1.82) is 0 Å². The lowest BCUT2D eigenvalue weighted by atomic mass is 9.98. The number of nitrogens with two attached hydrogens (primary N) is 1. The Kier molecular flexibility index (Phi) is 4.05. The van der Waals surface area contributed by atoms with Crippen molar-refractivity contribution in [2.75, 3.05) is 5.73 Å². The molecule has 1 aromatic heterocycles. The zero-order chi connectivity index (χ0) is 17.3. The maximum Gasteiger partial charge on any atom is 0.404 e. The molecule has 0 aliphatic carbocycles. The molecule has 2 aromatic carbocycles. The topological polar surface area (TPSA) is 122 Å². The first-order chi connectivity index (χ1) is 11.5. The summed E-state index contributed by atoms with van der Waals surface area (Å²) in [6.45, 7) is -0.425. The van der Waals surface area contributed by atoms with Gasteiger partial charge >= 0.3 is 6.09 Å². The van der Waals surface area contributed by atoms with Crippen LogP contribution in [0.5, 0.6) is 0 Å². The second kappa shape index (κ2) is 6.17. The summed E-state index contributed by atoms with van der Waals surface area (Å²) in [4.78, 5) is 10.6. The monoisotopic (exact) mass is 331 g/mol. The molecular formula is C16H14FN3O4. The molecule has 3 rings (SSSR count). The number of anilines is 1. The van der Waals surface area contributed by atoms with Crippen LogP contribution in [0.3, 0.4) is 0 Å². The molecule has 0 aliphatic heterocycles. The fourth-order valence-corrected chi connectivity index (χ4v) is 2.51. The van der Waals surface area contributed by atoms with E-state index in [1.54, 1.807) is 18.2 Å². The van der Waals surface area contributed by atoms with Gasteiger partial charge in [-0.25, -0.2) is 9.18 Å². The summed E-state index contributed by atoms with van der Waals surface area (Å²) >= 11 is 0. The van der Waals surface area contributed by atoms with Gasteiger partial charge < -0.3 is 25.8 Å². The highest BCUT2D eigenvalue weighted by atomic mass is 19.1. The van der Waals surface area contributed by atoms with Crippen LogP contribution in [-0.4, -0.2) is 21.5 Å². The van der Waals surface area contributed by atoms with Crippen LogP contribution >= 0.6 is 0 Å². The second-order valence-corrected chi connectivity index (χ2v) is 5.18. The molecule has 24 heavy (non-hydrogen) atoms. The SMILES string of the molecule is Nc1noc2c(-c3cccc(CNC(=O)O)c3F)cc(CO)cc12. The van der Waals surface area contributed by atoms with Crippen molar-refractivity contribution in [2.45, 2.75) is 13.2 Å². The van der Waals surface area contributed by atoms with E-state index in [-0.39, 0.29) is 30.1 Å². The highest BCUT2D eigenvalue weighted by Gasteiger charge is 2.18. The number of hydrogen-bond acceptors (Lipinski definition) is 5. The highest BCUT2D eigenvalue weighted by molar-refractivity contribution is 5.98. The van der Waals surface area contributed by atoms with Crippen LogP contribution in [0.2, 0.25) is 0 Å². The first-order valence-corrected chi connectivity index (χ1v) is 7.04. The van der Waals surface area contributed by atoms with Gasteiger partial charge in [-0.1, -0.05) is 23.4 Å². The number of benzene rings is 2. The Balaban J connectivity index is 2.17. The summed E-state index contributed by atoms with van der Waals surface area (Å²) in [7, 11) is 0. The van der Waals surface area contributed by atoms with Gasteiger partial charge in [-0.2, -0.15) is 0 Å². The average molecular weight is 331 g/mol. The number of rotatable bonds is 4. The summed E-state index contributed by atoms with van der Waals surface area (Å²) in [6.07, 6.45) is -1.24. The molecule has 0 spiro atoms. The minimum Gasteiger partial charge on any atom is -0.465 e. The molecule has 0 unspecified atom stereocenters. The predicted octanol–water partition coefficient (Wildman–Crippen LogP) is 2.48. The second-order valence-electron chi connectivity index (χ2n) is 5.18. The Bertz CT molecular complexity index is 923. The molecule has 0 radical (unpaired) electrons. The van der Waals surface area contributed by atoms with Crippen LogP contribution in [0.4, 0.5) is 15.0 Å². The third kappa shape index (κ3) is 2.74. The van der Waals surface area contributed by atoms with Gasteiger partial charge in [-0.05, 0) is 17.7 Å². The molecule has 0 aliphatic rings. The number of aliphatic hydroxyl groups is 1. The van der Waals surface area contributed by atoms with Crippen LogP contribution in [-0.2, 0) is 13.2 Å². The van der Waals surface area contributed by atoms with E-state index < -0.39 is 11.9 Å². The molecule has 0 saturated heterocycles. The molecule has 0 bridgehead atoms. The van der Waals surface area contributed by atoms with E-state index in [0.29, 0.717) is 22.1 Å². The number of fused-ring (bicyclic) bond motifs is 1.